The van der Waals surface area contributed by atoms with Crippen LogP contribution >= 0.6 is 0 Å². The lowest BCUT2D eigenvalue weighted by molar-refractivity contribution is 1.03. The normalized spacial score (nSPS) is 9.46. The molecule has 1 rings (SSSR count). The zero-order chi connectivity index (χ0) is 10.0. The third-order valence-electron chi connectivity index (χ3n) is 1.86. The molecule has 1 aromatic rings. The molecule has 1 heterocycles. The maximum absolute atomic E-state index is 8.92. The second-order valence-corrected chi connectivity index (χ2v) is 3.29. The van der Waals surface area contributed by atoms with E-state index in [1.807, 2.05) is 38.9 Å². The van der Waals surface area contributed by atoms with Crippen molar-refractivity contribution in [2.45, 2.75) is 13.8 Å². The van der Waals surface area contributed by atoms with E-state index in [1.165, 1.54) is 0 Å². The van der Waals surface area contributed by atoms with Crippen LogP contribution in [0.3, 0.4) is 0 Å². The lowest BCUT2D eigenvalue weighted by Gasteiger charge is -2.14. The molecule has 0 radical (unpaired) electrons. The first-order chi connectivity index (χ1) is 6.06. The summed E-state index contributed by atoms with van der Waals surface area (Å²) in [6.07, 6.45) is 0. The summed E-state index contributed by atoms with van der Waals surface area (Å²) < 4.78 is 0. The molecular formula is C10H13N3. The van der Waals surface area contributed by atoms with E-state index in [0.29, 0.717) is 5.56 Å². The number of pyridine rings is 1. The first-order valence-corrected chi connectivity index (χ1v) is 4.12. The molecule has 0 bridgehead atoms. The molecule has 0 saturated heterocycles. The van der Waals surface area contributed by atoms with Crippen LogP contribution in [-0.4, -0.2) is 19.1 Å². The highest BCUT2D eigenvalue weighted by Gasteiger charge is 2.09. The van der Waals surface area contributed by atoms with Gasteiger partial charge in [-0.2, -0.15) is 5.26 Å². The van der Waals surface area contributed by atoms with Crippen molar-refractivity contribution in [1.82, 2.24) is 4.98 Å². The fourth-order valence-corrected chi connectivity index (χ4v) is 1.28. The van der Waals surface area contributed by atoms with Crippen molar-refractivity contribution in [3.63, 3.8) is 0 Å². The van der Waals surface area contributed by atoms with Crippen molar-refractivity contribution in [2.24, 2.45) is 0 Å². The minimum absolute atomic E-state index is 0.663. The van der Waals surface area contributed by atoms with Gasteiger partial charge in [-0.1, -0.05) is 0 Å². The minimum Gasteiger partial charge on any atom is -0.362 e. The van der Waals surface area contributed by atoms with Crippen LogP contribution in [0.4, 0.5) is 5.82 Å². The number of anilines is 1. The maximum Gasteiger partial charge on any atom is 0.146 e. The van der Waals surface area contributed by atoms with Crippen molar-refractivity contribution in [3.8, 4) is 6.07 Å². The highest BCUT2D eigenvalue weighted by molar-refractivity contribution is 5.57. The first-order valence-electron chi connectivity index (χ1n) is 4.12. The molecular weight excluding hydrogens is 162 g/mol. The molecule has 13 heavy (non-hydrogen) atoms. The summed E-state index contributed by atoms with van der Waals surface area (Å²) in [5.74, 6) is 0.750. The molecule has 0 unspecified atom stereocenters. The van der Waals surface area contributed by atoms with E-state index in [2.05, 4.69) is 11.1 Å². The monoisotopic (exact) mass is 175 g/mol. The molecule has 0 spiro atoms. The predicted molar refractivity (Wildman–Crippen MR) is 52.8 cm³/mol. The van der Waals surface area contributed by atoms with Crippen LogP contribution in [0.2, 0.25) is 0 Å². The third kappa shape index (κ3) is 1.78. The van der Waals surface area contributed by atoms with Crippen molar-refractivity contribution in [1.29, 1.82) is 5.26 Å². The SMILES string of the molecule is Cc1cc(C)c(C#N)c(N(C)C)n1. The van der Waals surface area contributed by atoms with E-state index in [-0.39, 0.29) is 0 Å². The Kier molecular flexibility index (Phi) is 2.52. The molecule has 3 heteroatoms. The first kappa shape index (κ1) is 9.53. The Morgan fingerprint density at radius 3 is 2.46 bits per heavy atom. The minimum atomic E-state index is 0.663. The van der Waals surface area contributed by atoms with Gasteiger partial charge in [0, 0.05) is 19.8 Å². The molecule has 0 fully saturated rings. The average Bonchev–Trinajstić information content (AvgIpc) is 2.02. The smallest absolute Gasteiger partial charge is 0.146 e. The number of nitriles is 1. The van der Waals surface area contributed by atoms with E-state index in [1.54, 1.807) is 0 Å². The number of aromatic nitrogens is 1. The third-order valence-corrected chi connectivity index (χ3v) is 1.86. The summed E-state index contributed by atoms with van der Waals surface area (Å²) in [4.78, 5) is 6.17. The number of rotatable bonds is 1. The predicted octanol–water partition coefficient (Wildman–Crippen LogP) is 1.64. The van der Waals surface area contributed by atoms with Gasteiger partial charge in [-0.05, 0) is 25.5 Å². The topological polar surface area (TPSA) is 39.9 Å². The largest absolute Gasteiger partial charge is 0.362 e. The molecule has 3 nitrogen and oxygen atoms in total. The molecule has 0 aromatic carbocycles. The zero-order valence-corrected chi connectivity index (χ0v) is 8.42. The Hall–Kier alpha value is -1.56. The maximum atomic E-state index is 8.92. The summed E-state index contributed by atoms with van der Waals surface area (Å²) in [5, 5.41) is 8.92. The molecule has 0 amide bonds. The molecule has 0 aliphatic carbocycles. The van der Waals surface area contributed by atoms with E-state index < -0.39 is 0 Å². The van der Waals surface area contributed by atoms with Gasteiger partial charge < -0.3 is 4.90 Å². The van der Waals surface area contributed by atoms with Gasteiger partial charge in [0.15, 0.2) is 0 Å². The van der Waals surface area contributed by atoms with Gasteiger partial charge in [-0.15, -0.1) is 0 Å². The summed E-state index contributed by atoms with van der Waals surface area (Å²) in [5.41, 5.74) is 2.59. The van der Waals surface area contributed by atoms with Crippen LogP contribution < -0.4 is 4.90 Å². The van der Waals surface area contributed by atoms with Crippen LogP contribution in [0, 0.1) is 25.2 Å². The average molecular weight is 175 g/mol. The Bertz CT molecular complexity index is 361. The quantitative estimate of drug-likeness (QED) is 0.651. The highest BCUT2D eigenvalue weighted by atomic mass is 15.1. The van der Waals surface area contributed by atoms with Crippen LogP contribution in [0.15, 0.2) is 6.07 Å². The second-order valence-electron chi connectivity index (χ2n) is 3.29. The van der Waals surface area contributed by atoms with Crippen LogP contribution in [0.25, 0.3) is 0 Å². The number of hydrogen-bond donors (Lipinski definition) is 0. The summed E-state index contributed by atoms with van der Waals surface area (Å²) in [6, 6.07) is 4.09. The molecule has 0 saturated carbocycles. The molecule has 0 aliphatic heterocycles. The number of aryl methyl sites for hydroxylation is 2. The zero-order valence-electron chi connectivity index (χ0n) is 8.42. The Balaban J connectivity index is 3.41. The Morgan fingerprint density at radius 2 is 2.00 bits per heavy atom. The number of nitrogens with zero attached hydrogens (tertiary/aromatic N) is 3. The van der Waals surface area contributed by atoms with E-state index >= 15 is 0 Å². The summed E-state index contributed by atoms with van der Waals surface area (Å²) in [7, 11) is 3.78. The lowest BCUT2D eigenvalue weighted by Crippen LogP contribution is -2.13. The standard InChI is InChI=1S/C10H13N3/c1-7-5-8(2)12-10(13(3)4)9(7)6-11/h5H,1-4H3. The fraction of sp³-hybridized carbons (Fsp3) is 0.400. The summed E-state index contributed by atoms with van der Waals surface area (Å²) in [6.45, 7) is 3.86. The van der Waals surface area contributed by atoms with Crippen LogP contribution in [-0.2, 0) is 0 Å². The van der Waals surface area contributed by atoms with Gasteiger partial charge in [-0.3, -0.25) is 0 Å². The molecule has 0 aliphatic rings. The highest BCUT2D eigenvalue weighted by Crippen LogP contribution is 2.19. The van der Waals surface area contributed by atoms with Crippen LogP contribution in [0.1, 0.15) is 16.8 Å². The van der Waals surface area contributed by atoms with E-state index in [4.69, 9.17) is 5.26 Å². The van der Waals surface area contributed by atoms with Crippen molar-refractivity contribution < 1.29 is 0 Å². The van der Waals surface area contributed by atoms with Crippen molar-refractivity contribution >= 4 is 5.82 Å². The lowest BCUT2D eigenvalue weighted by atomic mass is 10.1. The fourth-order valence-electron chi connectivity index (χ4n) is 1.28. The van der Waals surface area contributed by atoms with E-state index in [0.717, 1.165) is 17.1 Å². The van der Waals surface area contributed by atoms with Crippen LogP contribution in [0.5, 0.6) is 0 Å². The molecule has 68 valence electrons. The second kappa shape index (κ2) is 3.44. The van der Waals surface area contributed by atoms with Gasteiger partial charge in [0.25, 0.3) is 0 Å². The molecule has 0 atom stereocenters. The summed E-state index contributed by atoms with van der Waals surface area (Å²) >= 11 is 0. The van der Waals surface area contributed by atoms with Crippen molar-refractivity contribution in [2.75, 3.05) is 19.0 Å². The van der Waals surface area contributed by atoms with Gasteiger partial charge in [0.2, 0.25) is 0 Å². The molecule has 0 N–H and O–H groups in total. The van der Waals surface area contributed by atoms with Crippen molar-refractivity contribution in [3.05, 3.63) is 22.9 Å². The molecule has 1 aromatic heterocycles. The van der Waals surface area contributed by atoms with Gasteiger partial charge >= 0.3 is 0 Å². The van der Waals surface area contributed by atoms with Gasteiger partial charge in [0.1, 0.15) is 11.9 Å². The van der Waals surface area contributed by atoms with Gasteiger partial charge in [-0.25, -0.2) is 4.98 Å². The van der Waals surface area contributed by atoms with Gasteiger partial charge in [0.05, 0.1) is 5.56 Å². The Labute approximate surface area is 78.6 Å². The Morgan fingerprint density at radius 1 is 1.38 bits per heavy atom. The van der Waals surface area contributed by atoms with E-state index in [9.17, 15) is 0 Å². The number of hydrogen-bond acceptors (Lipinski definition) is 3.